The van der Waals surface area contributed by atoms with E-state index in [0.717, 1.165) is 39.1 Å². The van der Waals surface area contributed by atoms with E-state index in [4.69, 9.17) is 15.2 Å². The molecule has 0 aromatic heterocycles. The van der Waals surface area contributed by atoms with Gasteiger partial charge in [-0.1, -0.05) is 12.1 Å². The molecule has 2 N–H and O–H groups in total. The van der Waals surface area contributed by atoms with Crippen molar-refractivity contribution in [2.45, 2.75) is 37.5 Å². The summed E-state index contributed by atoms with van der Waals surface area (Å²) in [5.74, 6) is 0. The topological polar surface area (TPSA) is 47.7 Å². The van der Waals surface area contributed by atoms with Crippen molar-refractivity contribution in [2.75, 3.05) is 31.8 Å². The molecule has 0 aliphatic carbocycles. The highest BCUT2D eigenvalue weighted by molar-refractivity contribution is 5.48. The molecule has 1 aromatic carbocycles. The Labute approximate surface area is 120 Å². The van der Waals surface area contributed by atoms with Crippen LogP contribution < -0.4 is 10.6 Å². The summed E-state index contributed by atoms with van der Waals surface area (Å²) >= 11 is 0. The number of ether oxygens (including phenoxy) is 2. The van der Waals surface area contributed by atoms with Crippen molar-refractivity contribution in [3.63, 3.8) is 0 Å². The molecule has 4 nitrogen and oxygen atoms in total. The van der Waals surface area contributed by atoms with Gasteiger partial charge >= 0.3 is 0 Å². The van der Waals surface area contributed by atoms with Crippen molar-refractivity contribution < 1.29 is 9.47 Å². The van der Waals surface area contributed by atoms with Crippen LogP contribution in [0.3, 0.4) is 0 Å². The molecule has 2 aliphatic rings. The van der Waals surface area contributed by atoms with E-state index in [2.05, 4.69) is 36.2 Å². The van der Waals surface area contributed by atoms with Crippen LogP contribution in [0.4, 0.5) is 5.69 Å². The van der Waals surface area contributed by atoms with Crippen LogP contribution in [0, 0.1) is 0 Å². The van der Waals surface area contributed by atoms with Gasteiger partial charge in [0.05, 0.1) is 12.2 Å². The molecular weight excluding hydrogens is 252 g/mol. The first kappa shape index (κ1) is 13.9. The first-order valence-electron chi connectivity index (χ1n) is 7.46. The van der Waals surface area contributed by atoms with Crippen LogP contribution in [-0.2, 0) is 16.0 Å². The van der Waals surface area contributed by atoms with Gasteiger partial charge in [0.15, 0.2) is 0 Å². The van der Waals surface area contributed by atoms with Gasteiger partial charge in [-0.05, 0) is 30.5 Å². The third-order valence-electron chi connectivity index (χ3n) is 4.66. The Morgan fingerprint density at radius 3 is 2.75 bits per heavy atom. The van der Waals surface area contributed by atoms with Crippen LogP contribution in [0.2, 0.25) is 0 Å². The highest BCUT2D eigenvalue weighted by atomic mass is 16.6. The molecule has 110 valence electrons. The maximum absolute atomic E-state index is 6.01. The standard InChI is InChI=1S/C16H24N2O2/c1-18(14-4-2-13(11-17)3-5-14)15-6-8-20-16(10-15)7-9-19-12-16/h2-5,15H,6-12,17H2,1H3. The number of rotatable bonds is 3. The molecule has 2 fully saturated rings. The summed E-state index contributed by atoms with van der Waals surface area (Å²) in [6, 6.07) is 9.07. The largest absolute Gasteiger partial charge is 0.378 e. The average molecular weight is 276 g/mol. The second-order valence-corrected chi connectivity index (χ2v) is 5.96. The van der Waals surface area contributed by atoms with Gasteiger partial charge < -0.3 is 20.1 Å². The van der Waals surface area contributed by atoms with Crippen LogP contribution in [0.25, 0.3) is 0 Å². The van der Waals surface area contributed by atoms with Crippen molar-refractivity contribution in [3.8, 4) is 0 Å². The van der Waals surface area contributed by atoms with Gasteiger partial charge in [0, 0.05) is 45.0 Å². The molecule has 2 aliphatic heterocycles. The molecule has 20 heavy (non-hydrogen) atoms. The fourth-order valence-electron chi connectivity index (χ4n) is 3.27. The summed E-state index contributed by atoms with van der Waals surface area (Å²) in [6.07, 6.45) is 3.17. The zero-order valence-electron chi connectivity index (χ0n) is 12.2. The molecule has 0 amide bonds. The van der Waals surface area contributed by atoms with Crippen molar-refractivity contribution in [1.82, 2.24) is 0 Å². The first-order valence-corrected chi connectivity index (χ1v) is 7.46. The van der Waals surface area contributed by atoms with Crippen molar-refractivity contribution in [2.24, 2.45) is 5.73 Å². The number of benzene rings is 1. The zero-order valence-corrected chi connectivity index (χ0v) is 12.2. The number of nitrogens with two attached hydrogens (primary N) is 1. The fraction of sp³-hybridized carbons (Fsp3) is 0.625. The van der Waals surface area contributed by atoms with E-state index in [-0.39, 0.29) is 5.60 Å². The van der Waals surface area contributed by atoms with Crippen LogP contribution in [0.5, 0.6) is 0 Å². The summed E-state index contributed by atoms with van der Waals surface area (Å²) < 4.78 is 11.6. The Morgan fingerprint density at radius 1 is 1.30 bits per heavy atom. The normalized spacial score (nSPS) is 29.8. The van der Waals surface area contributed by atoms with Gasteiger partial charge in [-0.2, -0.15) is 0 Å². The Kier molecular flexibility index (Phi) is 3.96. The summed E-state index contributed by atoms with van der Waals surface area (Å²) in [5, 5.41) is 0. The maximum Gasteiger partial charge on any atom is 0.0956 e. The van der Waals surface area contributed by atoms with E-state index in [9.17, 15) is 0 Å². The van der Waals surface area contributed by atoms with E-state index in [1.165, 1.54) is 11.3 Å². The zero-order chi connectivity index (χ0) is 14.0. The molecule has 4 heteroatoms. The lowest BCUT2D eigenvalue weighted by Gasteiger charge is -2.41. The Morgan fingerprint density at radius 2 is 2.10 bits per heavy atom. The van der Waals surface area contributed by atoms with Crippen LogP contribution in [0.15, 0.2) is 24.3 Å². The summed E-state index contributed by atoms with van der Waals surface area (Å²) in [7, 11) is 2.18. The van der Waals surface area contributed by atoms with Gasteiger partial charge in [0.1, 0.15) is 0 Å². The lowest BCUT2D eigenvalue weighted by Crippen LogP contribution is -2.48. The molecule has 2 atom stereocenters. The number of nitrogens with zero attached hydrogens (tertiary/aromatic N) is 1. The quantitative estimate of drug-likeness (QED) is 0.916. The van der Waals surface area contributed by atoms with E-state index in [0.29, 0.717) is 12.6 Å². The minimum atomic E-state index is -0.0334. The lowest BCUT2D eigenvalue weighted by atomic mass is 9.89. The van der Waals surface area contributed by atoms with Crippen LogP contribution in [-0.4, -0.2) is 38.5 Å². The number of hydrogen-bond donors (Lipinski definition) is 1. The van der Waals surface area contributed by atoms with Crippen molar-refractivity contribution in [3.05, 3.63) is 29.8 Å². The fourth-order valence-corrected chi connectivity index (χ4v) is 3.27. The van der Waals surface area contributed by atoms with Crippen LogP contribution in [0.1, 0.15) is 24.8 Å². The summed E-state index contributed by atoms with van der Waals surface area (Å²) in [5.41, 5.74) is 8.05. The van der Waals surface area contributed by atoms with Gasteiger partial charge in [-0.3, -0.25) is 0 Å². The summed E-state index contributed by atoms with van der Waals surface area (Å²) in [6.45, 7) is 3.02. The highest BCUT2D eigenvalue weighted by Gasteiger charge is 2.42. The average Bonchev–Trinajstić information content (AvgIpc) is 2.94. The number of anilines is 1. The molecule has 2 saturated heterocycles. The van der Waals surface area contributed by atoms with Crippen molar-refractivity contribution in [1.29, 1.82) is 0 Å². The van der Waals surface area contributed by atoms with E-state index < -0.39 is 0 Å². The molecule has 2 unspecified atom stereocenters. The van der Waals surface area contributed by atoms with Crippen LogP contribution >= 0.6 is 0 Å². The predicted molar refractivity (Wildman–Crippen MR) is 79.9 cm³/mol. The maximum atomic E-state index is 6.01. The molecule has 0 saturated carbocycles. The summed E-state index contributed by atoms with van der Waals surface area (Å²) in [4.78, 5) is 2.38. The monoisotopic (exact) mass is 276 g/mol. The Hall–Kier alpha value is -1.10. The van der Waals surface area contributed by atoms with Crippen molar-refractivity contribution >= 4 is 5.69 Å². The SMILES string of the molecule is CN(c1ccc(CN)cc1)C1CCOC2(CCOC2)C1. The second kappa shape index (κ2) is 5.72. The molecular formula is C16H24N2O2. The van der Waals surface area contributed by atoms with E-state index in [1.807, 2.05) is 0 Å². The molecule has 0 radical (unpaired) electrons. The van der Waals surface area contributed by atoms with E-state index in [1.54, 1.807) is 0 Å². The highest BCUT2D eigenvalue weighted by Crippen LogP contribution is 2.35. The third-order valence-corrected chi connectivity index (χ3v) is 4.66. The Bertz CT molecular complexity index is 440. The first-order chi connectivity index (χ1) is 9.72. The molecule has 1 spiro atoms. The molecule has 0 bridgehead atoms. The van der Waals surface area contributed by atoms with Gasteiger partial charge in [0.2, 0.25) is 0 Å². The lowest BCUT2D eigenvalue weighted by molar-refractivity contribution is -0.0855. The minimum absolute atomic E-state index is 0.0334. The molecule has 1 aromatic rings. The Balaban J connectivity index is 1.70. The van der Waals surface area contributed by atoms with Gasteiger partial charge in [0.25, 0.3) is 0 Å². The molecule has 2 heterocycles. The third kappa shape index (κ3) is 2.68. The predicted octanol–water partition coefficient (Wildman–Crippen LogP) is 1.92. The smallest absolute Gasteiger partial charge is 0.0956 e. The minimum Gasteiger partial charge on any atom is -0.378 e. The number of hydrogen-bond acceptors (Lipinski definition) is 4. The second-order valence-electron chi connectivity index (χ2n) is 5.96. The molecule has 3 rings (SSSR count). The van der Waals surface area contributed by atoms with E-state index >= 15 is 0 Å². The van der Waals surface area contributed by atoms with Gasteiger partial charge in [-0.25, -0.2) is 0 Å². The van der Waals surface area contributed by atoms with Gasteiger partial charge in [-0.15, -0.1) is 0 Å².